The first-order valence-electron chi connectivity index (χ1n) is 7.27. The second-order valence-corrected chi connectivity index (χ2v) is 7.24. The van der Waals surface area contributed by atoms with E-state index in [0.717, 1.165) is 25.7 Å². The standard InChI is InChI=1S/C14H23NO4S/c1-2-4-12-5-3-9-15(10-8-12)20(17,18)14-7-6-13(11-16)19-14/h6-7,12,16H,2-5,8-11H2,1H3. The number of sulfonamides is 1. The number of hydrogen-bond acceptors (Lipinski definition) is 4. The third-order valence-corrected chi connectivity index (χ3v) is 5.66. The second kappa shape index (κ2) is 6.74. The van der Waals surface area contributed by atoms with Crippen LogP contribution in [0.4, 0.5) is 0 Å². The van der Waals surface area contributed by atoms with Gasteiger partial charge >= 0.3 is 0 Å². The normalized spacial score (nSPS) is 21.8. The zero-order valence-corrected chi connectivity index (χ0v) is 12.7. The maximum Gasteiger partial charge on any atom is 0.276 e. The molecule has 1 aromatic rings. The van der Waals surface area contributed by atoms with Crippen LogP contribution in [0.15, 0.2) is 21.6 Å². The van der Waals surface area contributed by atoms with Gasteiger partial charge in [0.15, 0.2) is 0 Å². The molecule has 114 valence electrons. The Morgan fingerprint density at radius 1 is 1.35 bits per heavy atom. The van der Waals surface area contributed by atoms with E-state index in [9.17, 15) is 8.42 Å². The lowest BCUT2D eigenvalue weighted by Gasteiger charge is -2.18. The van der Waals surface area contributed by atoms with Gasteiger partial charge in [-0.05, 0) is 37.3 Å². The largest absolute Gasteiger partial charge is 0.446 e. The first-order valence-corrected chi connectivity index (χ1v) is 8.71. The quantitative estimate of drug-likeness (QED) is 0.906. The Morgan fingerprint density at radius 2 is 2.15 bits per heavy atom. The summed E-state index contributed by atoms with van der Waals surface area (Å²) in [6, 6.07) is 2.93. The van der Waals surface area contributed by atoms with Crippen LogP contribution in [0, 0.1) is 5.92 Å². The van der Waals surface area contributed by atoms with Crippen molar-refractivity contribution in [1.29, 1.82) is 0 Å². The Balaban J connectivity index is 2.09. The smallest absolute Gasteiger partial charge is 0.276 e. The maximum absolute atomic E-state index is 12.5. The van der Waals surface area contributed by atoms with Crippen LogP contribution in [0.1, 0.15) is 44.8 Å². The number of aliphatic hydroxyl groups excluding tert-OH is 1. The molecule has 0 aliphatic carbocycles. The molecule has 0 spiro atoms. The summed E-state index contributed by atoms with van der Waals surface area (Å²) in [6.07, 6.45) is 5.23. The van der Waals surface area contributed by atoms with Gasteiger partial charge < -0.3 is 9.52 Å². The van der Waals surface area contributed by atoms with Crippen molar-refractivity contribution < 1.29 is 17.9 Å². The fourth-order valence-electron chi connectivity index (χ4n) is 2.79. The van der Waals surface area contributed by atoms with Gasteiger partial charge in [0.1, 0.15) is 12.4 Å². The molecule has 0 saturated carbocycles. The molecule has 0 aromatic carbocycles. The van der Waals surface area contributed by atoms with E-state index in [1.54, 1.807) is 0 Å². The lowest BCUT2D eigenvalue weighted by Crippen LogP contribution is -2.31. The van der Waals surface area contributed by atoms with E-state index in [0.29, 0.717) is 19.0 Å². The average molecular weight is 301 g/mol. The Bertz CT molecular complexity index is 523. The molecule has 1 N–H and O–H groups in total. The van der Waals surface area contributed by atoms with Crippen LogP contribution in [-0.4, -0.2) is 30.9 Å². The molecule has 2 heterocycles. The third kappa shape index (κ3) is 3.42. The fraction of sp³-hybridized carbons (Fsp3) is 0.714. The maximum atomic E-state index is 12.5. The van der Waals surface area contributed by atoms with E-state index in [1.165, 1.54) is 22.9 Å². The molecule has 1 aromatic heterocycles. The predicted octanol–water partition coefficient (Wildman–Crippen LogP) is 2.36. The van der Waals surface area contributed by atoms with Gasteiger partial charge in [-0.2, -0.15) is 4.31 Å². The Morgan fingerprint density at radius 3 is 2.80 bits per heavy atom. The summed E-state index contributed by atoms with van der Waals surface area (Å²) in [6.45, 7) is 2.99. The summed E-state index contributed by atoms with van der Waals surface area (Å²) >= 11 is 0. The highest BCUT2D eigenvalue weighted by Crippen LogP contribution is 2.26. The molecule has 0 amide bonds. The van der Waals surface area contributed by atoms with Gasteiger partial charge in [0.2, 0.25) is 5.09 Å². The Hall–Kier alpha value is -0.850. The van der Waals surface area contributed by atoms with Crippen LogP contribution in [0.3, 0.4) is 0 Å². The minimum absolute atomic E-state index is 0.0597. The summed E-state index contributed by atoms with van der Waals surface area (Å²) in [7, 11) is -3.56. The zero-order chi connectivity index (χ0) is 14.6. The predicted molar refractivity (Wildman–Crippen MR) is 75.6 cm³/mol. The molecule has 1 aliphatic heterocycles. The van der Waals surface area contributed by atoms with Crippen LogP contribution in [0.25, 0.3) is 0 Å². The van der Waals surface area contributed by atoms with Crippen LogP contribution >= 0.6 is 0 Å². The van der Waals surface area contributed by atoms with Gasteiger partial charge in [-0.15, -0.1) is 0 Å². The summed E-state index contributed by atoms with van der Waals surface area (Å²) in [4.78, 5) is 0. The second-order valence-electron chi connectivity index (χ2n) is 5.37. The van der Waals surface area contributed by atoms with E-state index in [-0.39, 0.29) is 17.5 Å². The molecule has 1 saturated heterocycles. The monoisotopic (exact) mass is 301 g/mol. The number of hydrogen-bond donors (Lipinski definition) is 1. The first-order chi connectivity index (χ1) is 9.57. The molecular weight excluding hydrogens is 278 g/mol. The highest BCUT2D eigenvalue weighted by Gasteiger charge is 2.29. The van der Waals surface area contributed by atoms with Gasteiger partial charge in [0.05, 0.1) is 0 Å². The van der Waals surface area contributed by atoms with E-state index in [4.69, 9.17) is 9.52 Å². The molecule has 1 aliphatic rings. The van der Waals surface area contributed by atoms with E-state index in [1.807, 2.05) is 0 Å². The van der Waals surface area contributed by atoms with Gasteiger partial charge in [0.25, 0.3) is 10.0 Å². The van der Waals surface area contributed by atoms with E-state index < -0.39 is 10.0 Å². The molecular formula is C14H23NO4S. The van der Waals surface area contributed by atoms with Crippen molar-refractivity contribution in [3.8, 4) is 0 Å². The van der Waals surface area contributed by atoms with Crippen LogP contribution < -0.4 is 0 Å². The Labute approximate surface area is 120 Å². The highest BCUT2D eigenvalue weighted by molar-refractivity contribution is 7.89. The molecule has 0 bridgehead atoms. The highest BCUT2D eigenvalue weighted by atomic mass is 32.2. The van der Waals surface area contributed by atoms with Crippen molar-refractivity contribution in [2.45, 2.75) is 50.7 Å². The van der Waals surface area contributed by atoms with Gasteiger partial charge in [-0.1, -0.05) is 19.8 Å². The minimum atomic E-state index is -3.56. The van der Waals surface area contributed by atoms with E-state index >= 15 is 0 Å². The summed E-state index contributed by atoms with van der Waals surface area (Å²) in [5, 5.41) is 8.90. The molecule has 1 fully saturated rings. The number of rotatable bonds is 5. The average Bonchev–Trinajstić information content (AvgIpc) is 2.80. The Kier molecular flexibility index (Phi) is 5.23. The van der Waals surface area contributed by atoms with Crippen molar-refractivity contribution in [3.63, 3.8) is 0 Å². The number of furan rings is 1. The first kappa shape index (κ1) is 15.5. The molecule has 1 atom stereocenters. The number of aliphatic hydroxyl groups is 1. The lowest BCUT2D eigenvalue weighted by atomic mass is 9.96. The minimum Gasteiger partial charge on any atom is -0.446 e. The summed E-state index contributed by atoms with van der Waals surface area (Å²) in [5.41, 5.74) is 0. The van der Waals surface area contributed by atoms with Crippen molar-refractivity contribution in [1.82, 2.24) is 4.31 Å². The van der Waals surface area contributed by atoms with Crippen molar-refractivity contribution in [2.24, 2.45) is 5.92 Å². The van der Waals surface area contributed by atoms with Gasteiger partial charge in [-0.3, -0.25) is 0 Å². The molecule has 0 radical (unpaired) electrons. The van der Waals surface area contributed by atoms with Crippen LogP contribution in [0.5, 0.6) is 0 Å². The van der Waals surface area contributed by atoms with Gasteiger partial charge in [-0.25, -0.2) is 8.42 Å². The topological polar surface area (TPSA) is 70.8 Å². The van der Waals surface area contributed by atoms with Crippen molar-refractivity contribution in [3.05, 3.63) is 17.9 Å². The molecule has 1 unspecified atom stereocenters. The van der Waals surface area contributed by atoms with Crippen molar-refractivity contribution >= 4 is 10.0 Å². The van der Waals surface area contributed by atoms with E-state index in [2.05, 4.69) is 6.92 Å². The summed E-state index contributed by atoms with van der Waals surface area (Å²) in [5.74, 6) is 0.909. The van der Waals surface area contributed by atoms with Crippen molar-refractivity contribution in [2.75, 3.05) is 13.1 Å². The number of nitrogens with zero attached hydrogens (tertiary/aromatic N) is 1. The molecule has 5 nitrogen and oxygen atoms in total. The zero-order valence-electron chi connectivity index (χ0n) is 11.9. The molecule has 20 heavy (non-hydrogen) atoms. The summed E-state index contributed by atoms with van der Waals surface area (Å²) < 4.78 is 31.7. The van der Waals surface area contributed by atoms with Crippen LogP contribution in [0.2, 0.25) is 0 Å². The molecule has 2 rings (SSSR count). The van der Waals surface area contributed by atoms with Gasteiger partial charge in [0, 0.05) is 13.1 Å². The van der Waals surface area contributed by atoms with Crippen LogP contribution in [-0.2, 0) is 16.6 Å². The SMILES string of the molecule is CCCC1CCCN(S(=O)(=O)c2ccc(CO)o2)CC1. The third-order valence-electron chi connectivity index (χ3n) is 3.89. The lowest BCUT2D eigenvalue weighted by molar-refractivity contribution is 0.235. The molecule has 6 heteroatoms. The fourth-order valence-corrected chi connectivity index (χ4v) is 4.21.